The summed E-state index contributed by atoms with van der Waals surface area (Å²) in [5.74, 6) is 0. The number of benzene rings is 1. The summed E-state index contributed by atoms with van der Waals surface area (Å²) >= 11 is 0. The SMILES string of the molecule is Cl.O=CC1CNCCN1c1ccccc1. The van der Waals surface area contributed by atoms with E-state index in [1.807, 2.05) is 30.3 Å². The number of nitrogens with zero attached hydrogens (tertiary/aromatic N) is 1. The Bertz CT molecular complexity index is 305. The number of para-hydroxylation sites is 1. The highest BCUT2D eigenvalue weighted by Crippen LogP contribution is 2.16. The van der Waals surface area contributed by atoms with E-state index < -0.39 is 0 Å². The van der Waals surface area contributed by atoms with E-state index in [2.05, 4.69) is 10.2 Å². The first-order valence-electron chi connectivity index (χ1n) is 4.89. The Morgan fingerprint density at radius 3 is 2.73 bits per heavy atom. The van der Waals surface area contributed by atoms with Crippen LogP contribution < -0.4 is 10.2 Å². The summed E-state index contributed by atoms with van der Waals surface area (Å²) in [5, 5.41) is 3.21. The first-order valence-corrected chi connectivity index (χ1v) is 4.89. The van der Waals surface area contributed by atoms with E-state index in [-0.39, 0.29) is 18.4 Å². The zero-order chi connectivity index (χ0) is 9.80. The number of rotatable bonds is 2. The maximum atomic E-state index is 10.9. The molecule has 1 aromatic rings. The van der Waals surface area contributed by atoms with Gasteiger partial charge in [0, 0.05) is 25.3 Å². The van der Waals surface area contributed by atoms with Crippen molar-refractivity contribution in [1.29, 1.82) is 0 Å². The minimum atomic E-state index is -0.0221. The first-order chi connectivity index (χ1) is 6.92. The van der Waals surface area contributed by atoms with Crippen LogP contribution in [0.15, 0.2) is 30.3 Å². The molecular weight excluding hydrogens is 212 g/mol. The molecule has 15 heavy (non-hydrogen) atoms. The van der Waals surface area contributed by atoms with Gasteiger partial charge in [0.2, 0.25) is 0 Å². The van der Waals surface area contributed by atoms with Crippen molar-refractivity contribution in [2.45, 2.75) is 6.04 Å². The van der Waals surface area contributed by atoms with E-state index in [0.717, 1.165) is 31.6 Å². The number of aldehydes is 1. The molecule has 1 aromatic carbocycles. The molecule has 0 radical (unpaired) electrons. The summed E-state index contributed by atoms with van der Waals surface area (Å²) in [6, 6.07) is 10.1. The molecule has 3 nitrogen and oxygen atoms in total. The van der Waals surface area contributed by atoms with Gasteiger partial charge in [-0.15, -0.1) is 12.4 Å². The summed E-state index contributed by atoms with van der Waals surface area (Å²) in [6.45, 7) is 2.59. The summed E-state index contributed by atoms with van der Waals surface area (Å²) in [4.78, 5) is 13.0. The van der Waals surface area contributed by atoms with Crippen LogP contribution in [0, 0.1) is 0 Å². The third kappa shape index (κ3) is 2.70. The predicted octanol–water partition coefficient (Wildman–Crippen LogP) is 1.09. The van der Waals surface area contributed by atoms with Gasteiger partial charge < -0.3 is 15.0 Å². The van der Waals surface area contributed by atoms with Crippen molar-refractivity contribution in [3.05, 3.63) is 30.3 Å². The summed E-state index contributed by atoms with van der Waals surface area (Å²) in [6.07, 6.45) is 1.01. The van der Waals surface area contributed by atoms with Gasteiger partial charge in [0.25, 0.3) is 0 Å². The molecule has 0 bridgehead atoms. The van der Waals surface area contributed by atoms with E-state index in [4.69, 9.17) is 0 Å². The molecule has 1 aliphatic rings. The van der Waals surface area contributed by atoms with Gasteiger partial charge in [0.1, 0.15) is 6.29 Å². The summed E-state index contributed by atoms with van der Waals surface area (Å²) in [7, 11) is 0. The molecule has 1 unspecified atom stereocenters. The Morgan fingerprint density at radius 1 is 1.33 bits per heavy atom. The molecule has 0 amide bonds. The van der Waals surface area contributed by atoms with Crippen LogP contribution >= 0.6 is 12.4 Å². The monoisotopic (exact) mass is 226 g/mol. The fourth-order valence-corrected chi connectivity index (χ4v) is 1.79. The molecule has 1 N–H and O–H groups in total. The zero-order valence-electron chi connectivity index (χ0n) is 8.43. The Morgan fingerprint density at radius 2 is 2.07 bits per heavy atom. The Balaban J connectivity index is 0.00000112. The van der Waals surface area contributed by atoms with Crippen LogP contribution in [0.5, 0.6) is 0 Å². The van der Waals surface area contributed by atoms with Crippen LogP contribution in [0.25, 0.3) is 0 Å². The zero-order valence-corrected chi connectivity index (χ0v) is 9.24. The van der Waals surface area contributed by atoms with Crippen LogP contribution in [0.1, 0.15) is 0 Å². The average molecular weight is 227 g/mol. The van der Waals surface area contributed by atoms with Crippen molar-refractivity contribution in [3.63, 3.8) is 0 Å². The molecule has 0 spiro atoms. The number of carbonyl (C=O) groups excluding carboxylic acids is 1. The van der Waals surface area contributed by atoms with Crippen LogP contribution in [-0.2, 0) is 4.79 Å². The van der Waals surface area contributed by atoms with Crippen molar-refractivity contribution in [1.82, 2.24) is 5.32 Å². The van der Waals surface area contributed by atoms with Crippen LogP contribution in [-0.4, -0.2) is 32.0 Å². The quantitative estimate of drug-likeness (QED) is 0.767. The first kappa shape index (κ1) is 12.0. The lowest BCUT2D eigenvalue weighted by Crippen LogP contribution is -2.52. The lowest BCUT2D eigenvalue weighted by atomic mass is 10.2. The summed E-state index contributed by atoms with van der Waals surface area (Å²) in [5.41, 5.74) is 1.13. The number of carbonyl (C=O) groups is 1. The van der Waals surface area contributed by atoms with Gasteiger partial charge in [0.05, 0.1) is 6.04 Å². The molecule has 0 aromatic heterocycles. The highest BCUT2D eigenvalue weighted by Gasteiger charge is 2.20. The fraction of sp³-hybridized carbons (Fsp3) is 0.364. The second kappa shape index (κ2) is 5.73. The van der Waals surface area contributed by atoms with Crippen molar-refractivity contribution < 1.29 is 4.79 Å². The largest absolute Gasteiger partial charge is 0.359 e. The number of anilines is 1. The Kier molecular flexibility index (Phi) is 4.59. The number of nitrogens with one attached hydrogen (secondary N) is 1. The van der Waals surface area contributed by atoms with E-state index >= 15 is 0 Å². The molecule has 4 heteroatoms. The second-order valence-electron chi connectivity index (χ2n) is 3.44. The number of hydrogen-bond donors (Lipinski definition) is 1. The van der Waals surface area contributed by atoms with Gasteiger partial charge in [-0.05, 0) is 12.1 Å². The molecule has 1 aliphatic heterocycles. The van der Waals surface area contributed by atoms with Crippen LogP contribution in [0.3, 0.4) is 0 Å². The van der Waals surface area contributed by atoms with Gasteiger partial charge in [-0.3, -0.25) is 0 Å². The third-order valence-corrected chi connectivity index (χ3v) is 2.53. The van der Waals surface area contributed by atoms with Crippen molar-refractivity contribution in [2.24, 2.45) is 0 Å². The van der Waals surface area contributed by atoms with Gasteiger partial charge in [-0.25, -0.2) is 0 Å². The normalized spacial score (nSPS) is 20.5. The standard InChI is InChI=1S/C11H14N2O.ClH/c14-9-11-8-12-6-7-13(11)10-4-2-1-3-5-10;/h1-5,9,11-12H,6-8H2;1H. The smallest absolute Gasteiger partial charge is 0.143 e. The maximum absolute atomic E-state index is 10.9. The van der Waals surface area contributed by atoms with E-state index in [9.17, 15) is 4.79 Å². The van der Waals surface area contributed by atoms with Gasteiger partial charge in [0.15, 0.2) is 0 Å². The number of piperazine rings is 1. The predicted molar refractivity (Wildman–Crippen MR) is 63.8 cm³/mol. The molecule has 2 rings (SSSR count). The van der Waals surface area contributed by atoms with Crippen LogP contribution in [0.4, 0.5) is 5.69 Å². The molecule has 0 saturated carbocycles. The lowest BCUT2D eigenvalue weighted by molar-refractivity contribution is -0.109. The topological polar surface area (TPSA) is 32.3 Å². The van der Waals surface area contributed by atoms with Crippen LogP contribution in [0.2, 0.25) is 0 Å². The van der Waals surface area contributed by atoms with Crippen molar-refractivity contribution >= 4 is 24.4 Å². The molecular formula is C11H15ClN2O. The van der Waals surface area contributed by atoms with E-state index in [0.29, 0.717) is 0 Å². The molecule has 0 aliphatic carbocycles. The Labute approximate surface area is 95.9 Å². The van der Waals surface area contributed by atoms with Gasteiger partial charge >= 0.3 is 0 Å². The maximum Gasteiger partial charge on any atom is 0.143 e. The highest BCUT2D eigenvalue weighted by atomic mass is 35.5. The molecule has 1 heterocycles. The van der Waals surface area contributed by atoms with Gasteiger partial charge in [-0.1, -0.05) is 18.2 Å². The molecule has 82 valence electrons. The molecule has 1 atom stereocenters. The fourth-order valence-electron chi connectivity index (χ4n) is 1.79. The van der Waals surface area contributed by atoms with Crippen molar-refractivity contribution in [3.8, 4) is 0 Å². The van der Waals surface area contributed by atoms with Crippen molar-refractivity contribution in [2.75, 3.05) is 24.5 Å². The molecule has 1 saturated heterocycles. The van der Waals surface area contributed by atoms with E-state index in [1.54, 1.807) is 0 Å². The molecule has 1 fully saturated rings. The lowest BCUT2D eigenvalue weighted by Gasteiger charge is -2.34. The minimum absolute atomic E-state index is 0. The summed E-state index contributed by atoms with van der Waals surface area (Å²) < 4.78 is 0. The van der Waals surface area contributed by atoms with Gasteiger partial charge in [-0.2, -0.15) is 0 Å². The number of halogens is 1. The second-order valence-corrected chi connectivity index (χ2v) is 3.44. The Hall–Kier alpha value is -1.06. The average Bonchev–Trinajstić information content (AvgIpc) is 2.30. The number of hydrogen-bond acceptors (Lipinski definition) is 3. The minimum Gasteiger partial charge on any atom is -0.359 e. The third-order valence-electron chi connectivity index (χ3n) is 2.53. The van der Waals surface area contributed by atoms with E-state index in [1.165, 1.54) is 0 Å². The highest BCUT2D eigenvalue weighted by molar-refractivity contribution is 5.85.